The van der Waals surface area contributed by atoms with Crippen LogP contribution in [0.15, 0.2) is 51.8 Å². The molecule has 2 nitrogen and oxygen atoms in total. The fourth-order valence-corrected chi connectivity index (χ4v) is 3.25. The molecule has 0 aliphatic rings. The molecule has 2 aromatic carbocycles. The molecule has 2 aromatic rings. The number of rotatable bonds is 5. The lowest BCUT2D eigenvalue weighted by atomic mass is 10.1. The summed E-state index contributed by atoms with van der Waals surface area (Å²) in [6.45, 7) is 2.11. The van der Waals surface area contributed by atoms with Crippen LogP contribution in [0.1, 0.15) is 12.5 Å². The summed E-state index contributed by atoms with van der Waals surface area (Å²) in [4.78, 5) is 1.53. The zero-order valence-corrected chi connectivity index (χ0v) is 14.2. The average Bonchev–Trinajstić information content (AvgIpc) is 2.41. The second-order valence-corrected chi connectivity index (χ2v) is 6.77. The Morgan fingerprint density at radius 1 is 1.25 bits per heavy atom. The minimum atomic E-state index is 0.418. The Labute approximate surface area is 137 Å². The molecule has 0 bridgehead atoms. The predicted octanol–water partition coefficient (Wildman–Crippen LogP) is 4.94. The first-order valence-corrected chi connectivity index (χ1v) is 8.38. The molecule has 0 saturated carbocycles. The van der Waals surface area contributed by atoms with Crippen molar-refractivity contribution in [1.82, 2.24) is 0 Å². The Hall–Kier alpha value is -1.04. The Balaban J connectivity index is 2.37. The highest BCUT2D eigenvalue weighted by atomic mass is 79.9. The molecule has 0 aliphatic heterocycles. The molecule has 3 N–H and O–H groups in total. The molecule has 0 fully saturated rings. The Morgan fingerprint density at radius 3 is 2.55 bits per heavy atom. The maximum Gasteiger partial charge on any atom is 0.107 e. The fourth-order valence-electron chi connectivity index (χ4n) is 1.85. The van der Waals surface area contributed by atoms with Crippen LogP contribution in [0.2, 0.25) is 0 Å². The molecule has 0 aromatic heterocycles. The van der Waals surface area contributed by atoms with Gasteiger partial charge >= 0.3 is 0 Å². The van der Waals surface area contributed by atoms with Gasteiger partial charge in [-0.2, -0.15) is 0 Å². The summed E-state index contributed by atoms with van der Waals surface area (Å²) in [6.07, 6.45) is 0. The molecule has 0 spiro atoms. The molecule has 0 unspecified atom stereocenters. The Kier molecular flexibility index (Phi) is 5.46. The Bertz CT molecular complexity index is 612. The van der Waals surface area contributed by atoms with Crippen molar-refractivity contribution >= 4 is 56.3 Å². The highest BCUT2D eigenvalue weighted by Crippen LogP contribution is 2.30. The summed E-state index contributed by atoms with van der Waals surface area (Å²) in [6, 6.07) is 14.1. The second kappa shape index (κ2) is 7.11. The van der Waals surface area contributed by atoms with Crippen LogP contribution in [0, 0.1) is 0 Å². The number of nitrogens with two attached hydrogens (primary N) is 1. The van der Waals surface area contributed by atoms with Gasteiger partial charge in [-0.05, 0) is 42.2 Å². The average molecular weight is 367 g/mol. The summed E-state index contributed by atoms with van der Waals surface area (Å²) >= 11 is 10.4. The predicted molar refractivity (Wildman–Crippen MR) is 96.2 cm³/mol. The van der Waals surface area contributed by atoms with E-state index in [2.05, 4.69) is 34.2 Å². The van der Waals surface area contributed by atoms with Crippen molar-refractivity contribution in [3.8, 4) is 0 Å². The summed E-state index contributed by atoms with van der Waals surface area (Å²) in [5.41, 5.74) is 8.76. The quantitative estimate of drug-likeness (QED) is 0.580. The van der Waals surface area contributed by atoms with Crippen LogP contribution in [0.25, 0.3) is 0 Å². The van der Waals surface area contributed by atoms with E-state index in [0.29, 0.717) is 4.99 Å². The molecule has 0 atom stereocenters. The lowest BCUT2D eigenvalue weighted by molar-refractivity contribution is 1.38. The third kappa shape index (κ3) is 3.75. The van der Waals surface area contributed by atoms with Crippen LogP contribution in [-0.4, -0.2) is 10.7 Å². The molecule has 0 amide bonds. The topological polar surface area (TPSA) is 38.0 Å². The highest BCUT2D eigenvalue weighted by molar-refractivity contribution is 9.10. The smallest absolute Gasteiger partial charge is 0.107 e. The van der Waals surface area contributed by atoms with E-state index >= 15 is 0 Å². The zero-order valence-electron chi connectivity index (χ0n) is 11.0. The minimum Gasteiger partial charge on any atom is -0.389 e. The minimum absolute atomic E-state index is 0.418. The van der Waals surface area contributed by atoms with Gasteiger partial charge in [0, 0.05) is 26.3 Å². The second-order valence-electron chi connectivity index (χ2n) is 4.11. The van der Waals surface area contributed by atoms with Crippen molar-refractivity contribution in [2.24, 2.45) is 5.73 Å². The van der Waals surface area contributed by atoms with Crippen LogP contribution in [0.4, 0.5) is 11.4 Å². The summed E-state index contributed by atoms with van der Waals surface area (Å²) in [7, 11) is 0. The van der Waals surface area contributed by atoms with E-state index in [4.69, 9.17) is 18.0 Å². The maximum atomic E-state index is 5.89. The van der Waals surface area contributed by atoms with E-state index in [-0.39, 0.29) is 0 Å². The molecule has 0 heterocycles. The van der Waals surface area contributed by atoms with Gasteiger partial charge in [-0.1, -0.05) is 41.1 Å². The first-order valence-electron chi connectivity index (χ1n) is 6.20. The van der Waals surface area contributed by atoms with Gasteiger partial charge in [0.1, 0.15) is 4.99 Å². The van der Waals surface area contributed by atoms with Crippen molar-refractivity contribution in [3.63, 3.8) is 0 Å². The molecule has 0 radical (unpaired) electrons. The van der Waals surface area contributed by atoms with Gasteiger partial charge < -0.3 is 11.1 Å². The van der Waals surface area contributed by atoms with E-state index in [1.807, 2.05) is 36.4 Å². The van der Waals surface area contributed by atoms with Crippen molar-refractivity contribution in [3.05, 3.63) is 52.5 Å². The molecule has 0 saturated heterocycles. The summed E-state index contributed by atoms with van der Waals surface area (Å²) < 4.78 is 1.05. The van der Waals surface area contributed by atoms with Crippen molar-refractivity contribution in [2.75, 3.05) is 11.1 Å². The van der Waals surface area contributed by atoms with Gasteiger partial charge in [-0.3, -0.25) is 0 Å². The number of anilines is 2. The number of thiocarbonyl (C=S) groups is 1. The summed E-state index contributed by atoms with van der Waals surface area (Å²) in [5, 5.41) is 3.38. The number of halogens is 1. The summed E-state index contributed by atoms with van der Waals surface area (Å²) in [5.74, 6) is 0.983. The SMILES string of the molecule is CCSc1cccc(Nc2ccc(Br)cc2)c1C(N)=S. The van der Waals surface area contributed by atoms with Crippen LogP contribution < -0.4 is 11.1 Å². The molecule has 0 aliphatic carbocycles. The third-order valence-electron chi connectivity index (χ3n) is 2.70. The van der Waals surface area contributed by atoms with Crippen molar-refractivity contribution in [2.45, 2.75) is 11.8 Å². The fraction of sp³-hybridized carbons (Fsp3) is 0.133. The molecule has 2 rings (SSSR count). The van der Waals surface area contributed by atoms with E-state index in [1.165, 1.54) is 0 Å². The maximum absolute atomic E-state index is 5.89. The van der Waals surface area contributed by atoms with Crippen LogP contribution in [0.5, 0.6) is 0 Å². The standard InChI is InChI=1S/C15H15BrN2S2/c1-2-20-13-5-3-4-12(14(13)15(17)19)18-11-8-6-10(16)7-9-11/h3-9,18H,2H2,1H3,(H2,17,19). The van der Waals surface area contributed by atoms with E-state index < -0.39 is 0 Å². The monoisotopic (exact) mass is 366 g/mol. The number of hydrogen-bond acceptors (Lipinski definition) is 3. The van der Waals surface area contributed by atoms with Gasteiger partial charge in [0.2, 0.25) is 0 Å². The molecule has 5 heteroatoms. The third-order valence-corrected chi connectivity index (χ3v) is 4.37. The molecular weight excluding hydrogens is 352 g/mol. The number of hydrogen-bond donors (Lipinski definition) is 2. The first kappa shape index (κ1) is 15.4. The van der Waals surface area contributed by atoms with Crippen LogP contribution in [-0.2, 0) is 0 Å². The van der Waals surface area contributed by atoms with Gasteiger partial charge in [0.15, 0.2) is 0 Å². The lowest BCUT2D eigenvalue weighted by Crippen LogP contribution is -2.13. The van der Waals surface area contributed by atoms with Crippen LogP contribution in [0.3, 0.4) is 0 Å². The normalized spacial score (nSPS) is 10.3. The van der Waals surface area contributed by atoms with Gasteiger partial charge in [0.25, 0.3) is 0 Å². The molecule has 20 heavy (non-hydrogen) atoms. The molecule has 104 valence electrons. The number of nitrogens with one attached hydrogen (secondary N) is 1. The van der Waals surface area contributed by atoms with Crippen LogP contribution >= 0.6 is 39.9 Å². The van der Waals surface area contributed by atoms with E-state index in [9.17, 15) is 0 Å². The zero-order chi connectivity index (χ0) is 14.5. The number of benzene rings is 2. The van der Waals surface area contributed by atoms with Crippen molar-refractivity contribution < 1.29 is 0 Å². The molecular formula is C15H15BrN2S2. The van der Waals surface area contributed by atoms with E-state index in [0.717, 1.165) is 32.1 Å². The van der Waals surface area contributed by atoms with Gasteiger partial charge in [0.05, 0.1) is 0 Å². The van der Waals surface area contributed by atoms with Gasteiger partial charge in [-0.25, -0.2) is 0 Å². The lowest BCUT2D eigenvalue weighted by Gasteiger charge is -2.15. The van der Waals surface area contributed by atoms with Gasteiger partial charge in [-0.15, -0.1) is 11.8 Å². The Morgan fingerprint density at radius 2 is 1.95 bits per heavy atom. The number of thioether (sulfide) groups is 1. The van der Waals surface area contributed by atoms with Crippen molar-refractivity contribution in [1.29, 1.82) is 0 Å². The largest absolute Gasteiger partial charge is 0.389 e. The van der Waals surface area contributed by atoms with E-state index in [1.54, 1.807) is 11.8 Å². The first-order chi connectivity index (χ1) is 9.61. The highest BCUT2D eigenvalue weighted by Gasteiger charge is 2.11.